The molecule has 0 aliphatic rings. The number of nitrogens with one attached hydrogen (secondary N) is 2. The Bertz CT molecular complexity index is 1520. The van der Waals surface area contributed by atoms with Gasteiger partial charge < -0.3 is 10.6 Å². The van der Waals surface area contributed by atoms with Crippen LogP contribution in [0.5, 0.6) is 0 Å². The zero-order chi connectivity index (χ0) is 25.1. The molecule has 0 fully saturated rings. The molecule has 0 aliphatic heterocycles. The smallest absolute Gasteiger partial charge is 0.311 e. The van der Waals surface area contributed by atoms with Crippen LogP contribution in [-0.4, -0.2) is 32.4 Å². The number of nitro groups is 1. The molecule has 12 heteroatoms. The minimum Gasteiger partial charge on any atom is -0.382 e. The Morgan fingerprint density at radius 2 is 1.89 bits per heavy atom. The quantitative estimate of drug-likeness (QED) is 0.307. The molecule has 0 saturated carbocycles. The largest absolute Gasteiger partial charge is 0.382 e. The van der Waals surface area contributed by atoms with E-state index in [-0.39, 0.29) is 24.3 Å². The van der Waals surface area contributed by atoms with Gasteiger partial charge in [0.05, 0.1) is 23.3 Å². The lowest BCUT2D eigenvalue weighted by Gasteiger charge is -2.10. The van der Waals surface area contributed by atoms with Gasteiger partial charge in [0.1, 0.15) is 17.4 Å². The van der Waals surface area contributed by atoms with Crippen LogP contribution in [0.4, 0.5) is 20.2 Å². The van der Waals surface area contributed by atoms with Crippen molar-refractivity contribution in [3.05, 3.63) is 104 Å². The molecular weight excluding hydrogens is 462 g/mol. The average Bonchev–Trinajstić information content (AvgIpc) is 2.85. The van der Waals surface area contributed by atoms with Crippen molar-refractivity contribution in [1.29, 1.82) is 0 Å². The third kappa shape index (κ3) is 4.81. The maximum Gasteiger partial charge on any atom is 0.311 e. The summed E-state index contributed by atoms with van der Waals surface area (Å²) in [5, 5.41) is 17.2. The standard InChI is InChI=1S/C23H18F2N6O4/c1-26-21-15-6-13(3-5-19(15)28-10-20(21)31(34)35)8-29-22(32)16-9-27-12-30(23(16)33)11-14-2-4-17(24)18(25)7-14/h2-7,9-10,12H,8,11H2,1H3,(H,26,28)(H,29,32). The van der Waals surface area contributed by atoms with Crippen molar-refractivity contribution >= 4 is 28.2 Å². The minimum atomic E-state index is -1.05. The van der Waals surface area contributed by atoms with E-state index in [1.165, 1.54) is 18.6 Å². The van der Waals surface area contributed by atoms with E-state index in [1.807, 2.05) is 0 Å². The second kappa shape index (κ2) is 9.63. The highest BCUT2D eigenvalue weighted by Crippen LogP contribution is 2.31. The van der Waals surface area contributed by atoms with Gasteiger partial charge in [-0.05, 0) is 35.4 Å². The summed E-state index contributed by atoms with van der Waals surface area (Å²) in [5.74, 6) is -2.74. The van der Waals surface area contributed by atoms with Gasteiger partial charge in [-0.1, -0.05) is 12.1 Å². The molecule has 10 nitrogen and oxygen atoms in total. The predicted molar refractivity (Wildman–Crippen MR) is 123 cm³/mol. The van der Waals surface area contributed by atoms with Crippen LogP contribution in [-0.2, 0) is 13.1 Å². The monoisotopic (exact) mass is 480 g/mol. The zero-order valence-corrected chi connectivity index (χ0v) is 18.3. The molecule has 4 rings (SSSR count). The molecular formula is C23H18F2N6O4. The summed E-state index contributed by atoms with van der Waals surface area (Å²) >= 11 is 0. The number of nitrogens with zero attached hydrogens (tertiary/aromatic N) is 4. The van der Waals surface area contributed by atoms with Gasteiger partial charge in [0.25, 0.3) is 11.5 Å². The van der Waals surface area contributed by atoms with Gasteiger partial charge in [-0.2, -0.15) is 0 Å². The molecule has 0 unspecified atom stereocenters. The van der Waals surface area contributed by atoms with Gasteiger partial charge in [0.2, 0.25) is 0 Å². The highest BCUT2D eigenvalue weighted by Gasteiger charge is 2.18. The molecule has 0 bridgehead atoms. The molecule has 2 aromatic carbocycles. The molecule has 0 atom stereocenters. The number of pyridine rings is 1. The number of anilines is 1. The molecule has 0 radical (unpaired) electrons. The van der Waals surface area contributed by atoms with Crippen molar-refractivity contribution < 1.29 is 18.5 Å². The van der Waals surface area contributed by atoms with Crippen LogP contribution in [0.15, 0.2) is 59.9 Å². The van der Waals surface area contributed by atoms with E-state index in [0.717, 1.165) is 22.9 Å². The first kappa shape index (κ1) is 23.4. The Hall–Kier alpha value is -4.74. The van der Waals surface area contributed by atoms with E-state index in [1.54, 1.807) is 25.2 Å². The maximum atomic E-state index is 13.5. The van der Waals surface area contributed by atoms with E-state index in [4.69, 9.17) is 0 Å². The molecule has 2 aromatic heterocycles. The van der Waals surface area contributed by atoms with Crippen molar-refractivity contribution in [1.82, 2.24) is 19.9 Å². The van der Waals surface area contributed by atoms with Crippen LogP contribution in [0.1, 0.15) is 21.5 Å². The van der Waals surface area contributed by atoms with Crippen molar-refractivity contribution in [2.45, 2.75) is 13.1 Å². The van der Waals surface area contributed by atoms with Gasteiger partial charge >= 0.3 is 5.69 Å². The topological polar surface area (TPSA) is 132 Å². The normalized spacial score (nSPS) is 10.8. The summed E-state index contributed by atoms with van der Waals surface area (Å²) in [7, 11) is 1.56. The summed E-state index contributed by atoms with van der Waals surface area (Å²) in [4.78, 5) is 44.2. The molecule has 1 amide bonds. The summed E-state index contributed by atoms with van der Waals surface area (Å²) in [6, 6.07) is 8.27. The molecule has 178 valence electrons. The van der Waals surface area contributed by atoms with Crippen LogP contribution in [0.2, 0.25) is 0 Å². The van der Waals surface area contributed by atoms with Crippen LogP contribution in [0.25, 0.3) is 10.9 Å². The number of carbonyl (C=O) groups is 1. The van der Waals surface area contributed by atoms with E-state index in [9.17, 15) is 28.5 Å². The predicted octanol–water partition coefficient (Wildman–Crippen LogP) is 3.00. The first-order chi connectivity index (χ1) is 16.8. The van der Waals surface area contributed by atoms with E-state index in [0.29, 0.717) is 27.7 Å². The average molecular weight is 480 g/mol. The zero-order valence-electron chi connectivity index (χ0n) is 18.3. The minimum absolute atomic E-state index is 0.0259. The highest BCUT2D eigenvalue weighted by molar-refractivity contribution is 5.96. The number of hydrogen-bond acceptors (Lipinski definition) is 7. The van der Waals surface area contributed by atoms with Crippen molar-refractivity contribution in [3.63, 3.8) is 0 Å². The lowest BCUT2D eigenvalue weighted by Crippen LogP contribution is -2.33. The van der Waals surface area contributed by atoms with Crippen LogP contribution < -0.4 is 16.2 Å². The molecule has 2 N–H and O–H groups in total. The van der Waals surface area contributed by atoms with E-state index < -0.39 is 28.0 Å². The fourth-order valence-corrected chi connectivity index (χ4v) is 3.57. The molecule has 0 aliphatic carbocycles. The van der Waals surface area contributed by atoms with Crippen molar-refractivity contribution in [3.8, 4) is 0 Å². The number of fused-ring (bicyclic) bond motifs is 1. The van der Waals surface area contributed by atoms with E-state index >= 15 is 0 Å². The molecule has 35 heavy (non-hydrogen) atoms. The first-order valence-corrected chi connectivity index (χ1v) is 10.3. The first-order valence-electron chi connectivity index (χ1n) is 10.3. The number of aromatic nitrogens is 3. The maximum absolute atomic E-state index is 13.5. The Kier molecular flexibility index (Phi) is 6.44. The highest BCUT2D eigenvalue weighted by atomic mass is 19.2. The summed E-state index contributed by atoms with van der Waals surface area (Å²) < 4.78 is 27.7. The number of halogens is 2. The van der Waals surface area contributed by atoms with Crippen molar-refractivity contribution in [2.24, 2.45) is 0 Å². The Morgan fingerprint density at radius 3 is 2.60 bits per heavy atom. The lowest BCUT2D eigenvalue weighted by atomic mass is 10.1. The number of amides is 1. The summed E-state index contributed by atoms with van der Waals surface area (Å²) in [6.07, 6.45) is 3.48. The van der Waals surface area contributed by atoms with Gasteiger partial charge in [-0.3, -0.25) is 24.3 Å². The fraction of sp³-hybridized carbons (Fsp3) is 0.130. The Labute approximate surface area is 196 Å². The van der Waals surface area contributed by atoms with Crippen molar-refractivity contribution in [2.75, 3.05) is 12.4 Å². The molecule has 4 aromatic rings. The van der Waals surface area contributed by atoms with Gasteiger partial charge in [-0.25, -0.2) is 18.7 Å². The third-order valence-corrected chi connectivity index (χ3v) is 5.29. The molecule has 0 saturated heterocycles. The van der Waals surface area contributed by atoms with Crippen LogP contribution in [0, 0.1) is 21.7 Å². The third-order valence-electron chi connectivity index (χ3n) is 5.29. The summed E-state index contributed by atoms with van der Waals surface area (Å²) in [6.45, 7) is -0.0778. The number of rotatable bonds is 7. The number of hydrogen-bond donors (Lipinski definition) is 2. The second-order valence-corrected chi connectivity index (χ2v) is 7.55. The second-order valence-electron chi connectivity index (χ2n) is 7.55. The SMILES string of the molecule is CNc1c([N+](=O)[O-])cnc2ccc(CNC(=O)c3cncn(Cc4ccc(F)c(F)c4)c3=O)cc12. The van der Waals surface area contributed by atoms with Crippen LogP contribution in [0.3, 0.4) is 0 Å². The molecule has 2 heterocycles. The number of carbonyl (C=O) groups excluding carboxylic acids is 1. The van der Waals surface area contributed by atoms with Gasteiger partial charge in [-0.15, -0.1) is 0 Å². The fourth-order valence-electron chi connectivity index (χ4n) is 3.57. The van der Waals surface area contributed by atoms with E-state index in [2.05, 4.69) is 20.6 Å². The lowest BCUT2D eigenvalue weighted by molar-refractivity contribution is -0.384. The van der Waals surface area contributed by atoms with Crippen LogP contribution >= 0.6 is 0 Å². The summed E-state index contributed by atoms with van der Waals surface area (Å²) in [5.41, 5.74) is 0.698. The Balaban J connectivity index is 1.54. The number of benzene rings is 2. The Morgan fingerprint density at radius 1 is 1.11 bits per heavy atom. The molecule has 0 spiro atoms. The van der Waals surface area contributed by atoms with Gasteiger partial charge in [0.15, 0.2) is 11.6 Å². The van der Waals surface area contributed by atoms with Gasteiger partial charge in [0, 0.05) is 25.2 Å².